The summed E-state index contributed by atoms with van der Waals surface area (Å²) < 4.78 is 5.87. The molecular formula is C19H23N3O. The molecule has 1 aromatic carbocycles. The highest BCUT2D eigenvalue weighted by Gasteiger charge is 2.25. The van der Waals surface area contributed by atoms with Gasteiger partial charge in [0.1, 0.15) is 11.5 Å². The summed E-state index contributed by atoms with van der Waals surface area (Å²) in [6.45, 7) is 5.95. The number of nitriles is 1. The summed E-state index contributed by atoms with van der Waals surface area (Å²) in [4.78, 5) is 2.50. The molecule has 0 bridgehead atoms. The standard InChI is InChI=1S/C19H23N3O/c1-15-4-9-19(23-15)18(22-10-2-3-11-22)14-21-13-17-7-5-16(12-20)6-8-17/h4-9,18,21H,2-3,10-11,13-14H2,1H3. The van der Waals surface area contributed by atoms with Crippen LogP contribution in [-0.2, 0) is 6.54 Å². The summed E-state index contributed by atoms with van der Waals surface area (Å²) in [6, 6.07) is 14.3. The Labute approximate surface area is 137 Å². The van der Waals surface area contributed by atoms with Crippen molar-refractivity contribution in [2.75, 3.05) is 19.6 Å². The normalized spacial score (nSPS) is 16.3. The van der Waals surface area contributed by atoms with Gasteiger partial charge < -0.3 is 9.73 Å². The lowest BCUT2D eigenvalue weighted by Crippen LogP contribution is -2.33. The van der Waals surface area contributed by atoms with Gasteiger partial charge in [0.2, 0.25) is 0 Å². The maximum absolute atomic E-state index is 8.85. The Bertz CT molecular complexity index is 663. The van der Waals surface area contributed by atoms with E-state index in [1.165, 1.54) is 18.4 Å². The Morgan fingerprint density at radius 2 is 1.91 bits per heavy atom. The van der Waals surface area contributed by atoms with E-state index in [9.17, 15) is 0 Å². The van der Waals surface area contributed by atoms with Gasteiger partial charge in [-0.2, -0.15) is 5.26 Å². The van der Waals surface area contributed by atoms with Crippen LogP contribution in [0.1, 0.15) is 41.5 Å². The highest BCUT2D eigenvalue weighted by atomic mass is 16.3. The van der Waals surface area contributed by atoms with Crippen molar-refractivity contribution in [1.82, 2.24) is 10.2 Å². The van der Waals surface area contributed by atoms with Crippen molar-refractivity contribution in [3.63, 3.8) is 0 Å². The third kappa shape index (κ3) is 4.01. The summed E-state index contributed by atoms with van der Waals surface area (Å²) in [6.07, 6.45) is 2.54. The number of nitrogens with zero attached hydrogens (tertiary/aromatic N) is 2. The Morgan fingerprint density at radius 3 is 2.52 bits per heavy atom. The number of nitrogens with one attached hydrogen (secondary N) is 1. The average Bonchev–Trinajstić information content (AvgIpc) is 3.24. The second-order valence-corrected chi connectivity index (χ2v) is 6.15. The van der Waals surface area contributed by atoms with Crippen LogP contribution in [0.3, 0.4) is 0 Å². The number of aryl methyl sites for hydroxylation is 1. The van der Waals surface area contributed by atoms with Crippen LogP contribution < -0.4 is 5.32 Å². The van der Waals surface area contributed by atoms with Crippen molar-refractivity contribution in [3.05, 3.63) is 59.0 Å². The minimum Gasteiger partial charge on any atom is -0.465 e. The van der Waals surface area contributed by atoms with Gasteiger partial charge >= 0.3 is 0 Å². The van der Waals surface area contributed by atoms with Crippen LogP contribution >= 0.6 is 0 Å². The second kappa shape index (κ2) is 7.45. The molecule has 120 valence electrons. The van der Waals surface area contributed by atoms with Gasteiger partial charge in [-0.05, 0) is 62.7 Å². The van der Waals surface area contributed by atoms with Crippen LogP contribution in [0.25, 0.3) is 0 Å². The summed E-state index contributed by atoms with van der Waals surface area (Å²) in [5, 5.41) is 12.4. The van der Waals surface area contributed by atoms with E-state index < -0.39 is 0 Å². The van der Waals surface area contributed by atoms with E-state index in [0.29, 0.717) is 11.6 Å². The van der Waals surface area contributed by atoms with E-state index in [4.69, 9.17) is 9.68 Å². The van der Waals surface area contributed by atoms with Crippen molar-refractivity contribution < 1.29 is 4.42 Å². The van der Waals surface area contributed by atoms with E-state index in [2.05, 4.69) is 22.4 Å². The van der Waals surface area contributed by atoms with Gasteiger partial charge in [0.15, 0.2) is 0 Å². The molecule has 3 rings (SSSR count). The van der Waals surface area contributed by atoms with Gasteiger partial charge in [-0.3, -0.25) is 4.90 Å². The third-order valence-corrected chi connectivity index (χ3v) is 4.42. The van der Waals surface area contributed by atoms with Gasteiger partial charge in [0, 0.05) is 13.1 Å². The molecule has 0 spiro atoms. The number of likely N-dealkylation sites (tertiary alicyclic amines) is 1. The molecule has 0 amide bonds. The summed E-state index contributed by atoms with van der Waals surface area (Å²) in [7, 11) is 0. The lowest BCUT2D eigenvalue weighted by Gasteiger charge is -2.26. The molecule has 1 fully saturated rings. The van der Waals surface area contributed by atoms with E-state index in [0.717, 1.165) is 37.7 Å². The molecule has 1 aromatic heterocycles. The zero-order valence-corrected chi connectivity index (χ0v) is 13.6. The quantitative estimate of drug-likeness (QED) is 0.888. The predicted octanol–water partition coefficient (Wildman–Crippen LogP) is 3.39. The largest absolute Gasteiger partial charge is 0.465 e. The Morgan fingerprint density at radius 1 is 1.17 bits per heavy atom. The lowest BCUT2D eigenvalue weighted by atomic mass is 10.1. The lowest BCUT2D eigenvalue weighted by molar-refractivity contribution is 0.207. The predicted molar refractivity (Wildman–Crippen MR) is 89.9 cm³/mol. The van der Waals surface area contributed by atoms with E-state index >= 15 is 0 Å². The van der Waals surface area contributed by atoms with E-state index in [-0.39, 0.29) is 0 Å². The summed E-state index contributed by atoms with van der Waals surface area (Å²) in [5.41, 5.74) is 1.90. The molecule has 4 heteroatoms. The molecule has 4 nitrogen and oxygen atoms in total. The van der Waals surface area contributed by atoms with Crippen molar-refractivity contribution >= 4 is 0 Å². The first-order chi connectivity index (χ1) is 11.3. The van der Waals surface area contributed by atoms with Crippen LogP contribution in [0.4, 0.5) is 0 Å². The summed E-state index contributed by atoms with van der Waals surface area (Å²) in [5.74, 6) is 2.02. The highest BCUT2D eigenvalue weighted by Crippen LogP contribution is 2.26. The van der Waals surface area contributed by atoms with Crippen molar-refractivity contribution in [2.24, 2.45) is 0 Å². The minimum atomic E-state index is 0.296. The van der Waals surface area contributed by atoms with Crippen LogP contribution in [0, 0.1) is 18.3 Å². The van der Waals surface area contributed by atoms with Crippen LogP contribution in [-0.4, -0.2) is 24.5 Å². The van der Waals surface area contributed by atoms with E-state index in [1.807, 2.05) is 37.3 Å². The third-order valence-electron chi connectivity index (χ3n) is 4.42. The topological polar surface area (TPSA) is 52.2 Å². The zero-order chi connectivity index (χ0) is 16.1. The fourth-order valence-corrected chi connectivity index (χ4v) is 3.15. The number of rotatable bonds is 6. The first-order valence-corrected chi connectivity index (χ1v) is 8.26. The molecule has 0 saturated carbocycles. The van der Waals surface area contributed by atoms with E-state index in [1.54, 1.807) is 0 Å². The molecule has 0 radical (unpaired) electrons. The van der Waals surface area contributed by atoms with Crippen LogP contribution in [0.15, 0.2) is 40.8 Å². The Balaban J connectivity index is 1.60. The van der Waals surface area contributed by atoms with Crippen molar-refractivity contribution in [2.45, 2.75) is 32.4 Å². The van der Waals surface area contributed by atoms with Crippen molar-refractivity contribution in [3.8, 4) is 6.07 Å². The molecular weight excluding hydrogens is 286 g/mol. The van der Waals surface area contributed by atoms with Gasteiger partial charge in [0.25, 0.3) is 0 Å². The molecule has 2 heterocycles. The number of hydrogen-bond donors (Lipinski definition) is 1. The van der Waals surface area contributed by atoms with Gasteiger partial charge in [-0.15, -0.1) is 0 Å². The van der Waals surface area contributed by atoms with Crippen LogP contribution in [0.5, 0.6) is 0 Å². The average molecular weight is 309 g/mol. The second-order valence-electron chi connectivity index (χ2n) is 6.15. The molecule has 1 N–H and O–H groups in total. The number of furan rings is 1. The SMILES string of the molecule is Cc1ccc(C(CNCc2ccc(C#N)cc2)N2CCCC2)o1. The maximum Gasteiger partial charge on any atom is 0.122 e. The molecule has 1 atom stereocenters. The molecule has 1 aliphatic rings. The first kappa shape index (κ1) is 15.8. The van der Waals surface area contributed by atoms with Gasteiger partial charge in [0.05, 0.1) is 17.7 Å². The molecule has 23 heavy (non-hydrogen) atoms. The monoisotopic (exact) mass is 309 g/mol. The van der Waals surface area contributed by atoms with Gasteiger partial charge in [-0.1, -0.05) is 12.1 Å². The first-order valence-electron chi connectivity index (χ1n) is 8.26. The smallest absolute Gasteiger partial charge is 0.122 e. The molecule has 1 aliphatic heterocycles. The highest BCUT2D eigenvalue weighted by molar-refractivity contribution is 5.31. The summed E-state index contributed by atoms with van der Waals surface area (Å²) >= 11 is 0. The molecule has 1 unspecified atom stereocenters. The number of hydrogen-bond acceptors (Lipinski definition) is 4. The fourth-order valence-electron chi connectivity index (χ4n) is 3.15. The Kier molecular flexibility index (Phi) is 5.12. The van der Waals surface area contributed by atoms with Crippen LogP contribution in [0.2, 0.25) is 0 Å². The maximum atomic E-state index is 8.85. The zero-order valence-electron chi connectivity index (χ0n) is 13.6. The van der Waals surface area contributed by atoms with Crippen molar-refractivity contribution in [1.29, 1.82) is 5.26 Å². The van der Waals surface area contributed by atoms with Gasteiger partial charge in [-0.25, -0.2) is 0 Å². The minimum absolute atomic E-state index is 0.296. The number of benzene rings is 1. The Hall–Kier alpha value is -2.09. The molecule has 1 saturated heterocycles. The fraction of sp³-hybridized carbons (Fsp3) is 0.421. The molecule has 2 aromatic rings. The molecule has 0 aliphatic carbocycles.